The van der Waals surface area contributed by atoms with Crippen molar-refractivity contribution in [2.45, 2.75) is 51.5 Å². The Balaban J connectivity index is 2.21. The van der Waals surface area contributed by atoms with Gasteiger partial charge in [-0.1, -0.05) is 13.8 Å². The Morgan fingerprint density at radius 2 is 2.10 bits per heavy atom. The SMILES string of the molecule is CC(Cl)c1nc2c(F)cc(F)cc2n1C1CCC(C)(C)C1. The lowest BCUT2D eigenvalue weighted by molar-refractivity contribution is 0.358. The molecule has 0 N–H and O–H groups in total. The molecule has 0 radical (unpaired) electrons. The van der Waals surface area contributed by atoms with Gasteiger partial charge in [-0.25, -0.2) is 13.8 Å². The van der Waals surface area contributed by atoms with Crippen LogP contribution in [0.3, 0.4) is 0 Å². The molecule has 21 heavy (non-hydrogen) atoms. The van der Waals surface area contributed by atoms with Gasteiger partial charge in [-0.15, -0.1) is 11.6 Å². The van der Waals surface area contributed by atoms with Crippen molar-refractivity contribution in [1.82, 2.24) is 9.55 Å². The highest BCUT2D eigenvalue weighted by Crippen LogP contribution is 2.46. The number of halogens is 3. The van der Waals surface area contributed by atoms with Gasteiger partial charge in [0.2, 0.25) is 0 Å². The predicted molar refractivity (Wildman–Crippen MR) is 80.6 cm³/mol. The summed E-state index contributed by atoms with van der Waals surface area (Å²) in [6.07, 6.45) is 3.03. The Labute approximate surface area is 128 Å². The van der Waals surface area contributed by atoms with E-state index in [1.807, 2.05) is 11.5 Å². The van der Waals surface area contributed by atoms with E-state index < -0.39 is 11.6 Å². The number of fused-ring (bicyclic) bond motifs is 1. The fourth-order valence-corrected chi connectivity index (χ4v) is 3.58. The molecule has 114 valence electrons. The second-order valence-corrected chi connectivity index (χ2v) is 7.43. The summed E-state index contributed by atoms with van der Waals surface area (Å²) in [5, 5.41) is -0.344. The van der Waals surface area contributed by atoms with Crippen molar-refractivity contribution in [1.29, 1.82) is 0 Å². The first kappa shape index (κ1) is 14.8. The first-order valence-electron chi connectivity index (χ1n) is 7.29. The molecule has 2 unspecified atom stereocenters. The van der Waals surface area contributed by atoms with Crippen LogP contribution >= 0.6 is 11.6 Å². The summed E-state index contributed by atoms with van der Waals surface area (Å²) in [6, 6.07) is 2.43. The number of alkyl halides is 1. The Morgan fingerprint density at radius 1 is 1.38 bits per heavy atom. The monoisotopic (exact) mass is 312 g/mol. The highest BCUT2D eigenvalue weighted by Gasteiger charge is 2.34. The first-order valence-corrected chi connectivity index (χ1v) is 7.73. The molecule has 1 aromatic heterocycles. The predicted octanol–water partition coefficient (Wildman–Crippen LogP) is 5.37. The topological polar surface area (TPSA) is 17.8 Å². The van der Waals surface area contributed by atoms with Crippen LogP contribution in [0.4, 0.5) is 8.78 Å². The van der Waals surface area contributed by atoms with Crippen molar-refractivity contribution in [2.24, 2.45) is 5.41 Å². The van der Waals surface area contributed by atoms with Crippen LogP contribution in [0.1, 0.15) is 57.3 Å². The number of nitrogens with zero attached hydrogens (tertiary/aromatic N) is 2. The van der Waals surface area contributed by atoms with Crippen molar-refractivity contribution in [2.75, 3.05) is 0 Å². The summed E-state index contributed by atoms with van der Waals surface area (Å²) < 4.78 is 29.5. The number of hydrogen-bond donors (Lipinski definition) is 0. The van der Waals surface area contributed by atoms with E-state index in [1.54, 1.807) is 0 Å². The van der Waals surface area contributed by atoms with Gasteiger partial charge in [0.1, 0.15) is 17.2 Å². The second kappa shape index (κ2) is 4.94. The zero-order valence-corrected chi connectivity index (χ0v) is 13.2. The summed E-state index contributed by atoms with van der Waals surface area (Å²) >= 11 is 6.22. The lowest BCUT2D eigenvalue weighted by Crippen LogP contribution is -2.12. The molecule has 0 amide bonds. The summed E-state index contributed by atoms with van der Waals surface area (Å²) in [5.74, 6) is -0.578. The molecule has 0 spiro atoms. The summed E-state index contributed by atoms with van der Waals surface area (Å²) in [6.45, 7) is 6.25. The number of rotatable bonds is 2. The molecule has 2 nitrogen and oxygen atoms in total. The maximum absolute atomic E-state index is 14.0. The molecule has 5 heteroatoms. The molecule has 1 fully saturated rings. The van der Waals surface area contributed by atoms with Gasteiger partial charge in [-0.05, 0) is 37.7 Å². The molecule has 1 aromatic carbocycles. The molecular weight excluding hydrogens is 294 g/mol. The van der Waals surface area contributed by atoms with Gasteiger partial charge in [0.05, 0.1) is 10.9 Å². The number of benzene rings is 1. The second-order valence-electron chi connectivity index (χ2n) is 6.77. The van der Waals surface area contributed by atoms with Crippen molar-refractivity contribution >= 4 is 22.6 Å². The van der Waals surface area contributed by atoms with E-state index in [0.29, 0.717) is 11.3 Å². The van der Waals surface area contributed by atoms with Gasteiger partial charge in [0.15, 0.2) is 5.82 Å². The van der Waals surface area contributed by atoms with Gasteiger partial charge >= 0.3 is 0 Å². The maximum Gasteiger partial charge on any atom is 0.153 e. The van der Waals surface area contributed by atoms with E-state index in [-0.39, 0.29) is 22.4 Å². The molecule has 1 aliphatic rings. The smallest absolute Gasteiger partial charge is 0.153 e. The van der Waals surface area contributed by atoms with Gasteiger partial charge in [-0.2, -0.15) is 0 Å². The van der Waals surface area contributed by atoms with E-state index in [1.165, 1.54) is 6.07 Å². The third kappa shape index (κ3) is 2.54. The zero-order chi connectivity index (χ0) is 15.4. The maximum atomic E-state index is 14.0. The minimum atomic E-state index is -0.625. The Bertz CT molecular complexity index is 691. The highest BCUT2D eigenvalue weighted by atomic mass is 35.5. The zero-order valence-electron chi connectivity index (χ0n) is 12.5. The Kier molecular flexibility index (Phi) is 3.47. The highest BCUT2D eigenvalue weighted by molar-refractivity contribution is 6.20. The first-order chi connectivity index (χ1) is 9.78. The van der Waals surface area contributed by atoms with E-state index in [4.69, 9.17) is 11.6 Å². The minimum Gasteiger partial charge on any atom is -0.323 e. The quantitative estimate of drug-likeness (QED) is 0.682. The van der Waals surface area contributed by atoms with Crippen LogP contribution in [0.5, 0.6) is 0 Å². The molecule has 2 aromatic rings. The van der Waals surface area contributed by atoms with Crippen LogP contribution in [0.25, 0.3) is 11.0 Å². The molecule has 1 aliphatic carbocycles. The van der Waals surface area contributed by atoms with E-state index in [9.17, 15) is 8.78 Å². The lowest BCUT2D eigenvalue weighted by Gasteiger charge is -2.21. The van der Waals surface area contributed by atoms with Gasteiger partial charge in [-0.3, -0.25) is 0 Å². The molecule has 1 saturated carbocycles. The van der Waals surface area contributed by atoms with Crippen LogP contribution in [0, 0.1) is 17.0 Å². The van der Waals surface area contributed by atoms with Crippen LogP contribution < -0.4 is 0 Å². The van der Waals surface area contributed by atoms with Crippen molar-refractivity contribution in [3.63, 3.8) is 0 Å². The molecule has 1 heterocycles. The number of aromatic nitrogens is 2. The lowest BCUT2D eigenvalue weighted by atomic mass is 9.92. The average molecular weight is 313 g/mol. The van der Waals surface area contributed by atoms with E-state index >= 15 is 0 Å². The third-order valence-corrected chi connectivity index (χ3v) is 4.60. The molecule has 0 bridgehead atoms. The summed E-state index contributed by atoms with van der Waals surface area (Å²) in [7, 11) is 0. The molecular formula is C16H19ClF2N2. The normalized spacial score (nSPS) is 22.9. The molecule has 3 rings (SSSR count). The van der Waals surface area contributed by atoms with E-state index in [2.05, 4.69) is 18.8 Å². The van der Waals surface area contributed by atoms with Gasteiger partial charge in [0.25, 0.3) is 0 Å². The van der Waals surface area contributed by atoms with Crippen molar-refractivity contribution in [3.05, 3.63) is 29.6 Å². The van der Waals surface area contributed by atoms with Gasteiger partial charge < -0.3 is 4.57 Å². The largest absolute Gasteiger partial charge is 0.323 e. The Hall–Kier alpha value is -1.16. The fraction of sp³-hybridized carbons (Fsp3) is 0.562. The Morgan fingerprint density at radius 3 is 2.67 bits per heavy atom. The standard InChI is InChI=1S/C16H19ClF2N2/c1-9(17)15-20-14-12(19)6-10(18)7-13(14)21(15)11-4-5-16(2,3)8-11/h6-7,9,11H,4-5,8H2,1-3H3. The molecule has 2 atom stereocenters. The number of hydrogen-bond acceptors (Lipinski definition) is 1. The van der Waals surface area contributed by atoms with E-state index in [0.717, 1.165) is 25.3 Å². The molecule has 0 saturated heterocycles. The minimum absolute atomic E-state index is 0.197. The summed E-state index contributed by atoms with van der Waals surface area (Å²) in [5.41, 5.74) is 0.959. The third-order valence-electron chi connectivity index (χ3n) is 4.40. The van der Waals surface area contributed by atoms with Crippen LogP contribution in [0.15, 0.2) is 12.1 Å². The summed E-state index contributed by atoms with van der Waals surface area (Å²) in [4.78, 5) is 4.33. The van der Waals surface area contributed by atoms with Crippen LogP contribution in [0.2, 0.25) is 0 Å². The van der Waals surface area contributed by atoms with Crippen LogP contribution in [-0.2, 0) is 0 Å². The van der Waals surface area contributed by atoms with Crippen LogP contribution in [-0.4, -0.2) is 9.55 Å². The van der Waals surface area contributed by atoms with Gasteiger partial charge in [0, 0.05) is 12.1 Å². The van der Waals surface area contributed by atoms with Crippen molar-refractivity contribution < 1.29 is 8.78 Å². The average Bonchev–Trinajstić information content (AvgIpc) is 2.89. The fourth-order valence-electron chi connectivity index (χ4n) is 3.42. The molecule has 0 aliphatic heterocycles. The number of imidazole rings is 1. The van der Waals surface area contributed by atoms with Crippen molar-refractivity contribution in [3.8, 4) is 0 Å².